The highest BCUT2D eigenvalue weighted by atomic mass is 32.2. The molecule has 0 atom stereocenters. The van der Waals surface area contributed by atoms with E-state index in [1.807, 2.05) is 0 Å². The van der Waals surface area contributed by atoms with Crippen molar-refractivity contribution in [2.75, 3.05) is 20.1 Å². The average Bonchev–Trinajstić information content (AvgIpc) is 3.09. The molecule has 0 bridgehead atoms. The molecule has 32 heavy (non-hydrogen) atoms. The van der Waals surface area contributed by atoms with E-state index in [0.29, 0.717) is 35.4 Å². The third-order valence-electron chi connectivity index (χ3n) is 5.70. The Morgan fingerprint density at radius 2 is 1.69 bits per heavy atom. The molecule has 1 aliphatic heterocycles. The average molecular weight is 455 g/mol. The Morgan fingerprint density at radius 1 is 1.03 bits per heavy atom. The third kappa shape index (κ3) is 4.58. The van der Waals surface area contributed by atoms with E-state index in [1.54, 1.807) is 31.3 Å². The summed E-state index contributed by atoms with van der Waals surface area (Å²) in [5, 5.41) is 0.492. The number of carbonyl (C=O) groups excluding carboxylic acids is 1. The summed E-state index contributed by atoms with van der Waals surface area (Å²) in [5.74, 6) is 0.0874. The zero-order valence-electron chi connectivity index (χ0n) is 18.0. The Balaban J connectivity index is 1.49. The Morgan fingerprint density at radius 3 is 2.38 bits per heavy atom. The second kappa shape index (κ2) is 9.22. The van der Waals surface area contributed by atoms with Crippen LogP contribution in [0, 0.1) is 0 Å². The lowest BCUT2D eigenvalue weighted by Crippen LogP contribution is -2.32. The molecule has 0 saturated carbocycles. The van der Waals surface area contributed by atoms with Crippen molar-refractivity contribution in [2.45, 2.75) is 37.1 Å². The highest BCUT2D eigenvalue weighted by molar-refractivity contribution is 7.89. The predicted octanol–water partition coefficient (Wildman–Crippen LogP) is 2.76. The monoisotopic (exact) mass is 454 g/mol. The maximum absolute atomic E-state index is 12.9. The minimum absolute atomic E-state index is 0.118. The summed E-state index contributed by atoms with van der Waals surface area (Å²) in [6.45, 7) is 1.18. The number of sulfonamides is 1. The fourth-order valence-corrected chi connectivity index (χ4v) is 5.44. The van der Waals surface area contributed by atoms with Crippen molar-refractivity contribution in [2.24, 2.45) is 0 Å². The first-order valence-corrected chi connectivity index (χ1v) is 12.1. The Bertz CT molecular complexity index is 1280. The number of fused-ring (bicyclic) bond motifs is 1. The van der Waals surface area contributed by atoms with Gasteiger partial charge in [0.25, 0.3) is 11.5 Å². The van der Waals surface area contributed by atoms with Crippen molar-refractivity contribution in [1.82, 2.24) is 19.2 Å². The molecule has 0 radical (unpaired) electrons. The number of nitrogens with one attached hydrogen (secondary N) is 1. The summed E-state index contributed by atoms with van der Waals surface area (Å²) >= 11 is 0. The Kier molecular flexibility index (Phi) is 6.38. The van der Waals surface area contributed by atoms with Crippen LogP contribution in [0.25, 0.3) is 10.9 Å². The van der Waals surface area contributed by atoms with Crippen LogP contribution >= 0.6 is 0 Å². The Hall–Kier alpha value is -3.04. The molecule has 1 fully saturated rings. The first-order chi connectivity index (χ1) is 15.4. The van der Waals surface area contributed by atoms with Crippen LogP contribution in [-0.4, -0.2) is 53.6 Å². The highest BCUT2D eigenvalue weighted by Gasteiger charge is 2.25. The molecule has 1 aromatic heterocycles. The van der Waals surface area contributed by atoms with E-state index >= 15 is 0 Å². The van der Waals surface area contributed by atoms with E-state index in [9.17, 15) is 18.0 Å². The van der Waals surface area contributed by atoms with Gasteiger partial charge in [-0.2, -0.15) is 4.31 Å². The molecule has 3 aromatic rings. The lowest BCUT2D eigenvalue weighted by atomic mass is 10.2. The number of aromatic nitrogens is 2. The van der Waals surface area contributed by atoms with Crippen molar-refractivity contribution in [3.8, 4) is 0 Å². The molecule has 1 N–H and O–H groups in total. The van der Waals surface area contributed by atoms with Gasteiger partial charge in [-0.25, -0.2) is 13.4 Å². The number of nitrogens with zero attached hydrogens (tertiary/aromatic N) is 3. The van der Waals surface area contributed by atoms with Crippen molar-refractivity contribution in [3.63, 3.8) is 0 Å². The zero-order chi connectivity index (χ0) is 22.7. The van der Waals surface area contributed by atoms with Crippen LogP contribution < -0.4 is 5.56 Å². The van der Waals surface area contributed by atoms with E-state index in [0.717, 1.165) is 25.7 Å². The molecule has 168 valence electrons. The topological polar surface area (TPSA) is 103 Å². The van der Waals surface area contributed by atoms with Gasteiger partial charge in [0, 0.05) is 25.7 Å². The van der Waals surface area contributed by atoms with Crippen molar-refractivity contribution in [3.05, 3.63) is 70.3 Å². The molecule has 1 aliphatic rings. The van der Waals surface area contributed by atoms with Crippen molar-refractivity contribution >= 4 is 26.8 Å². The van der Waals surface area contributed by atoms with Gasteiger partial charge in [0.2, 0.25) is 10.0 Å². The van der Waals surface area contributed by atoms with E-state index in [4.69, 9.17) is 0 Å². The van der Waals surface area contributed by atoms with Crippen LogP contribution in [0.5, 0.6) is 0 Å². The van der Waals surface area contributed by atoms with Crippen LogP contribution in [0.4, 0.5) is 0 Å². The van der Waals surface area contributed by atoms with Crippen LogP contribution in [0.15, 0.2) is 58.2 Å². The van der Waals surface area contributed by atoms with Gasteiger partial charge in [-0.05, 0) is 49.2 Å². The van der Waals surface area contributed by atoms with Crippen LogP contribution in [0.1, 0.15) is 41.9 Å². The van der Waals surface area contributed by atoms with Gasteiger partial charge in [-0.15, -0.1) is 0 Å². The fraction of sp³-hybridized carbons (Fsp3) is 0.348. The smallest absolute Gasteiger partial charge is 0.258 e. The number of para-hydroxylation sites is 1. The molecule has 4 rings (SSSR count). The molecule has 2 heterocycles. The maximum atomic E-state index is 12.9. The molecule has 0 spiro atoms. The molecule has 2 aromatic carbocycles. The standard InChI is InChI=1S/C23H26N4O4S/c1-26(16-21-24-20-9-5-4-8-19(20)22(28)25-21)23(29)17-10-12-18(13-11-17)32(30,31)27-14-6-2-3-7-15-27/h4-5,8-13H,2-3,6-7,14-16H2,1H3,(H,24,25,28). The van der Waals surface area contributed by atoms with Gasteiger partial charge in [0.05, 0.1) is 22.3 Å². The minimum atomic E-state index is -3.56. The summed E-state index contributed by atoms with van der Waals surface area (Å²) in [5.41, 5.74) is 0.676. The number of rotatable bonds is 5. The first kappa shape index (κ1) is 22.2. The van der Waals surface area contributed by atoms with Gasteiger partial charge in [0.1, 0.15) is 5.82 Å². The van der Waals surface area contributed by atoms with Crippen molar-refractivity contribution in [1.29, 1.82) is 0 Å². The zero-order valence-corrected chi connectivity index (χ0v) is 18.8. The predicted molar refractivity (Wildman–Crippen MR) is 122 cm³/mol. The molecule has 0 unspecified atom stereocenters. The molecule has 0 aliphatic carbocycles. The third-order valence-corrected chi connectivity index (χ3v) is 7.61. The summed E-state index contributed by atoms with van der Waals surface area (Å²) < 4.78 is 27.4. The summed E-state index contributed by atoms with van der Waals surface area (Å²) in [6.07, 6.45) is 3.82. The van der Waals surface area contributed by atoms with Gasteiger partial charge in [0.15, 0.2) is 0 Å². The van der Waals surface area contributed by atoms with Crippen molar-refractivity contribution < 1.29 is 13.2 Å². The van der Waals surface area contributed by atoms with Gasteiger partial charge < -0.3 is 9.88 Å². The van der Waals surface area contributed by atoms with Gasteiger partial charge >= 0.3 is 0 Å². The Labute approximate surface area is 186 Å². The normalized spacial score (nSPS) is 15.4. The second-order valence-corrected chi connectivity index (χ2v) is 9.97. The fourth-order valence-electron chi connectivity index (χ4n) is 3.93. The quantitative estimate of drug-likeness (QED) is 0.639. The molecule has 1 amide bonds. The number of hydrogen-bond donors (Lipinski definition) is 1. The second-order valence-electron chi connectivity index (χ2n) is 8.03. The first-order valence-electron chi connectivity index (χ1n) is 10.7. The molecule has 9 heteroatoms. The molecule has 1 saturated heterocycles. The van der Waals surface area contributed by atoms with Gasteiger partial charge in [-0.1, -0.05) is 25.0 Å². The van der Waals surface area contributed by atoms with E-state index in [1.165, 1.54) is 33.5 Å². The van der Waals surface area contributed by atoms with Crippen LogP contribution in [0.2, 0.25) is 0 Å². The highest BCUT2D eigenvalue weighted by Crippen LogP contribution is 2.21. The lowest BCUT2D eigenvalue weighted by molar-refractivity contribution is 0.0781. The number of aromatic amines is 1. The lowest BCUT2D eigenvalue weighted by Gasteiger charge is -2.20. The summed E-state index contributed by atoms with van der Waals surface area (Å²) in [6, 6.07) is 13.0. The minimum Gasteiger partial charge on any atom is -0.334 e. The summed E-state index contributed by atoms with van der Waals surface area (Å²) in [7, 11) is -1.95. The molecular formula is C23H26N4O4S. The van der Waals surface area contributed by atoms with Gasteiger partial charge in [-0.3, -0.25) is 9.59 Å². The molecule has 8 nitrogen and oxygen atoms in total. The number of hydrogen-bond acceptors (Lipinski definition) is 5. The van der Waals surface area contributed by atoms with Crippen LogP contribution in [0.3, 0.4) is 0 Å². The maximum Gasteiger partial charge on any atom is 0.258 e. The van der Waals surface area contributed by atoms with E-state index < -0.39 is 10.0 Å². The number of H-pyrrole nitrogens is 1. The van der Waals surface area contributed by atoms with E-state index in [2.05, 4.69) is 9.97 Å². The molecular weight excluding hydrogens is 428 g/mol. The summed E-state index contributed by atoms with van der Waals surface area (Å²) in [4.78, 5) is 33.9. The number of benzene rings is 2. The number of amides is 1. The van der Waals surface area contributed by atoms with Crippen LogP contribution in [-0.2, 0) is 16.6 Å². The number of carbonyl (C=O) groups is 1. The largest absolute Gasteiger partial charge is 0.334 e. The SMILES string of the molecule is CN(Cc1nc2ccccc2c(=O)[nH]1)C(=O)c1ccc(S(=O)(=O)N2CCCCCC2)cc1. The van der Waals surface area contributed by atoms with E-state index in [-0.39, 0.29) is 22.9 Å².